The summed E-state index contributed by atoms with van der Waals surface area (Å²) in [7, 11) is 0. The Hall–Kier alpha value is -1.92. The highest BCUT2D eigenvalue weighted by Crippen LogP contribution is 2.20. The van der Waals surface area contributed by atoms with Crippen LogP contribution in [0.1, 0.15) is 463 Å². The molecular weight excluding hydrogens is 1100 g/mol. The highest BCUT2D eigenvalue weighted by Gasteiger charge is 2.20. The maximum atomic E-state index is 12.5. The quantitative estimate of drug-likeness (QED) is 0.0320. The third kappa shape index (κ3) is 75.1. The van der Waals surface area contributed by atoms with Crippen LogP contribution in [-0.4, -0.2) is 47.4 Å². The lowest BCUT2D eigenvalue weighted by Gasteiger charge is -2.22. The van der Waals surface area contributed by atoms with Gasteiger partial charge in [0.15, 0.2) is 0 Å². The predicted octanol–water partition coefficient (Wildman–Crippen LogP) is 27.4. The largest absolute Gasteiger partial charge is 0.466 e. The Morgan fingerprint density at radius 3 is 0.878 bits per heavy atom. The molecule has 0 radical (unpaired) electrons. The van der Waals surface area contributed by atoms with E-state index in [1.165, 1.54) is 385 Å². The number of ether oxygens (including phenoxy) is 1. The van der Waals surface area contributed by atoms with E-state index in [0.717, 1.165) is 44.9 Å². The van der Waals surface area contributed by atoms with Crippen molar-refractivity contribution in [3.8, 4) is 0 Å². The molecule has 6 heteroatoms. The number of carbonyl (C=O) groups is 2. The molecule has 0 heterocycles. The first-order chi connectivity index (χ1) is 44.5. The average molecular weight is 1270 g/mol. The van der Waals surface area contributed by atoms with Gasteiger partial charge in [-0.3, -0.25) is 9.59 Å². The minimum absolute atomic E-state index is 0.0194. The number of esters is 1. The van der Waals surface area contributed by atoms with Crippen LogP contribution in [0.25, 0.3) is 0 Å². The molecule has 0 aromatic rings. The summed E-state index contributed by atoms with van der Waals surface area (Å²) in [4.78, 5) is 24.7. The smallest absolute Gasteiger partial charge is 0.305 e. The number of unbranched alkanes of at least 4 members (excludes halogenated alkanes) is 61. The first kappa shape index (κ1) is 88.1. The molecule has 0 aliphatic carbocycles. The van der Waals surface area contributed by atoms with Crippen molar-refractivity contribution < 1.29 is 24.5 Å². The Kier molecular flexibility index (Phi) is 77.8. The van der Waals surface area contributed by atoms with Crippen molar-refractivity contribution in [2.75, 3.05) is 13.2 Å². The minimum atomic E-state index is -0.661. The molecule has 0 aromatic carbocycles. The monoisotopic (exact) mass is 1260 g/mol. The molecule has 0 saturated heterocycles. The lowest BCUT2D eigenvalue weighted by Crippen LogP contribution is -2.45. The summed E-state index contributed by atoms with van der Waals surface area (Å²) in [6, 6.07) is -0.538. The first-order valence-corrected chi connectivity index (χ1v) is 41.2. The second-order valence-electron chi connectivity index (χ2n) is 28.5. The van der Waals surface area contributed by atoms with Crippen molar-refractivity contribution in [2.45, 2.75) is 475 Å². The molecule has 0 fully saturated rings. The van der Waals surface area contributed by atoms with Gasteiger partial charge in [-0.1, -0.05) is 403 Å². The molecule has 0 aliphatic rings. The van der Waals surface area contributed by atoms with Crippen molar-refractivity contribution in [1.82, 2.24) is 5.32 Å². The maximum Gasteiger partial charge on any atom is 0.305 e. The van der Waals surface area contributed by atoms with Crippen LogP contribution in [0.5, 0.6) is 0 Å². The van der Waals surface area contributed by atoms with E-state index < -0.39 is 12.1 Å². The predicted molar refractivity (Wildman–Crippen MR) is 398 cm³/mol. The van der Waals surface area contributed by atoms with Crippen LogP contribution in [0.3, 0.4) is 0 Å². The van der Waals surface area contributed by atoms with Crippen molar-refractivity contribution in [3.63, 3.8) is 0 Å². The van der Waals surface area contributed by atoms with Gasteiger partial charge in [0.2, 0.25) is 5.91 Å². The molecule has 0 saturated carbocycles. The van der Waals surface area contributed by atoms with Gasteiger partial charge in [0.25, 0.3) is 0 Å². The maximum absolute atomic E-state index is 12.5. The molecule has 90 heavy (non-hydrogen) atoms. The lowest BCUT2D eigenvalue weighted by atomic mass is 10.0. The number of hydrogen-bond acceptors (Lipinski definition) is 5. The Morgan fingerprint density at radius 2 is 0.556 bits per heavy atom. The number of rotatable bonds is 78. The van der Waals surface area contributed by atoms with E-state index in [9.17, 15) is 19.8 Å². The number of nitrogens with one attached hydrogen (secondary N) is 1. The fourth-order valence-corrected chi connectivity index (χ4v) is 13.1. The third-order valence-electron chi connectivity index (χ3n) is 19.4. The van der Waals surface area contributed by atoms with Crippen LogP contribution < -0.4 is 5.32 Å². The van der Waals surface area contributed by atoms with Crippen LogP contribution in [0.4, 0.5) is 0 Å². The second kappa shape index (κ2) is 79.5. The van der Waals surface area contributed by atoms with E-state index in [2.05, 4.69) is 55.6 Å². The van der Waals surface area contributed by atoms with Crippen LogP contribution >= 0.6 is 0 Å². The number of aliphatic hydroxyl groups is 2. The van der Waals surface area contributed by atoms with Crippen LogP contribution in [0.15, 0.2) is 36.5 Å². The fourth-order valence-electron chi connectivity index (χ4n) is 13.1. The Balaban J connectivity index is 3.31. The van der Waals surface area contributed by atoms with Gasteiger partial charge in [0, 0.05) is 12.8 Å². The van der Waals surface area contributed by atoms with Crippen LogP contribution in [-0.2, 0) is 14.3 Å². The zero-order valence-electron chi connectivity index (χ0n) is 61.1. The molecule has 3 N–H and O–H groups in total. The standard InChI is InChI=1S/C84H161NO5/c1-3-5-7-9-11-13-15-17-19-20-42-46-50-54-58-62-66-70-74-78-84(89)90-79-75-71-67-63-59-55-51-47-44-41-39-37-35-33-31-29-27-25-23-21-22-24-26-28-30-32-34-36-38-40-43-45-49-53-57-61-65-69-73-77-83(88)85-81(80-86)82(87)76-72-68-64-60-56-52-48-18-16-14-12-10-8-6-4-2/h11,13,17,19,21-22,81-82,86-87H,3-10,12,14-16,18,20,23-80H2,1-2H3,(H,85,88)/b13-11-,19-17-,22-21-. The molecule has 1 amide bonds. The van der Waals surface area contributed by atoms with Gasteiger partial charge in [-0.2, -0.15) is 0 Å². The van der Waals surface area contributed by atoms with Crippen molar-refractivity contribution in [2.24, 2.45) is 0 Å². The van der Waals surface area contributed by atoms with Crippen molar-refractivity contribution in [1.29, 1.82) is 0 Å². The molecule has 0 aromatic heterocycles. The van der Waals surface area contributed by atoms with Crippen LogP contribution in [0.2, 0.25) is 0 Å². The average Bonchev–Trinajstić information content (AvgIpc) is 3.68. The highest BCUT2D eigenvalue weighted by atomic mass is 16.5. The normalized spacial score (nSPS) is 12.6. The highest BCUT2D eigenvalue weighted by molar-refractivity contribution is 5.76. The van der Waals surface area contributed by atoms with Gasteiger partial charge in [-0.25, -0.2) is 0 Å². The van der Waals surface area contributed by atoms with Crippen molar-refractivity contribution >= 4 is 11.9 Å². The van der Waals surface area contributed by atoms with Gasteiger partial charge >= 0.3 is 5.97 Å². The summed E-state index contributed by atoms with van der Waals surface area (Å²) in [6.45, 7) is 4.97. The van der Waals surface area contributed by atoms with Gasteiger partial charge in [0.05, 0.1) is 25.4 Å². The lowest BCUT2D eigenvalue weighted by molar-refractivity contribution is -0.143. The van der Waals surface area contributed by atoms with E-state index in [0.29, 0.717) is 25.9 Å². The molecule has 532 valence electrons. The topological polar surface area (TPSA) is 95.9 Å². The van der Waals surface area contributed by atoms with Crippen molar-refractivity contribution in [3.05, 3.63) is 36.5 Å². The summed E-state index contributed by atoms with van der Waals surface area (Å²) < 4.78 is 5.52. The van der Waals surface area contributed by atoms with Gasteiger partial charge < -0.3 is 20.3 Å². The first-order valence-electron chi connectivity index (χ1n) is 41.2. The summed E-state index contributed by atoms with van der Waals surface area (Å²) in [5, 5.41) is 23.4. The summed E-state index contributed by atoms with van der Waals surface area (Å²) in [5.41, 5.74) is 0. The molecule has 0 aliphatic heterocycles. The number of aliphatic hydroxyl groups excluding tert-OH is 2. The molecular formula is C84H161NO5. The summed E-state index contributed by atoms with van der Waals surface area (Å²) >= 11 is 0. The van der Waals surface area contributed by atoms with E-state index >= 15 is 0 Å². The minimum Gasteiger partial charge on any atom is -0.466 e. The summed E-state index contributed by atoms with van der Waals surface area (Å²) in [6.07, 6.45) is 104. The van der Waals surface area contributed by atoms with E-state index in [-0.39, 0.29) is 18.5 Å². The van der Waals surface area contributed by atoms with E-state index in [1.54, 1.807) is 0 Å². The molecule has 0 bridgehead atoms. The molecule has 2 atom stereocenters. The Morgan fingerprint density at radius 1 is 0.311 bits per heavy atom. The van der Waals surface area contributed by atoms with E-state index in [4.69, 9.17) is 4.74 Å². The third-order valence-corrected chi connectivity index (χ3v) is 19.4. The fraction of sp³-hybridized carbons (Fsp3) is 0.905. The Labute approximate surface area is 564 Å². The number of allylic oxidation sites excluding steroid dienone is 6. The van der Waals surface area contributed by atoms with E-state index in [1.807, 2.05) is 0 Å². The number of amides is 1. The second-order valence-corrected chi connectivity index (χ2v) is 28.5. The number of hydrogen-bond donors (Lipinski definition) is 3. The zero-order valence-corrected chi connectivity index (χ0v) is 61.1. The number of carbonyl (C=O) groups excluding carboxylic acids is 2. The zero-order chi connectivity index (χ0) is 64.9. The van der Waals surface area contributed by atoms with Gasteiger partial charge in [-0.15, -0.1) is 0 Å². The summed E-state index contributed by atoms with van der Waals surface area (Å²) in [5.74, 6) is -0.00770. The van der Waals surface area contributed by atoms with Gasteiger partial charge in [0.1, 0.15) is 0 Å². The Bertz CT molecular complexity index is 1460. The molecule has 0 rings (SSSR count). The van der Waals surface area contributed by atoms with Crippen LogP contribution in [0, 0.1) is 0 Å². The SMILES string of the molecule is CCCCC/C=C\C/C=C\CCCCCCCCCCCC(=O)OCCCCCCCCCCCCCCCCCCCC/C=C\CCCCCCCCCCCCCCCCCCCC(=O)NC(CO)C(O)CCCCCCCCCCCCCCCCC. The molecule has 0 spiro atoms. The van der Waals surface area contributed by atoms with Gasteiger partial charge in [-0.05, 0) is 83.5 Å². The molecule has 6 nitrogen and oxygen atoms in total. The molecule has 2 unspecified atom stereocenters.